The smallest absolute Gasteiger partial charge is 0.407 e. The third kappa shape index (κ3) is 2.43. The molecule has 1 unspecified atom stereocenters. The van der Waals surface area contributed by atoms with Crippen molar-refractivity contribution in [2.75, 3.05) is 6.61 Å². The maximum atomic E-state index is 11.3. The number of rotatable bonds is 4. The van der Waals surface area contributed by atoms with Crippen LogP contribution in [0.15, 0.2) is 12.7 Å². The summed E-state index contributed by atoms with van der Waals surface area (Å²) in [5.41, 5.74) is 0. The van der Waals surface area contributed by atoms with E-state index < -0.39 is 12.1 Å². The topological polar surface area (TPSA) is 75.6 Å². The zero-order chi connectivity index (χ0) is 12.4. The quantitative estimate of drug-likeness (QED) is 0.727. The fourth-order valence-corrected chi connectivity index (χ4v) is 2.92. The minimum atomic E-state index is -0.715. The van der Waals surface area contributed by atoms with Gasteiger partial charge in [0.25, 0.3) is 0 Å². The van der Waals surface area contributed by atoms with Crippen LogP contribution in [0.4, 0.5) is 4.79 Å². The Morgan fingerprint density at radius 2 is 2.18 bits per heavy atom. The van der Waals surface area contributed by atoms with Gasteiger partial charge in [-0.3, -0.25) is 4.79 Å². The van der Waals surface area contributed by atoms with Crippen LogP contribution in [-0.2, 0) is 9.53 Å². The zero-order valence-electron chi connectivity index (χ0n) is 9.59. The van der Waals surface area contributed by atoms with Crippen LogP contribution in [-0.4, -0.2) is 29.8 Å². The van der Waals surface area contributed by atoms with Gasteiger partial charge < -0.3 is 15.2 Å². The van der Waals surface area contributed by atoms with E-state index in [2.05, 4.69) is 11.9 Å². The first-order chi connectivity index (χ1) is 8.11. The van der Waals surface area contributed by atoms with E-state index in [4.69, 9.17) is 9.84 Å². The number of ether oxygens (including phenoxy) is 1. The number of hydrogen-bond acceptors (Lipinski definition) is 3. The first kappa shape index (κ1) is 12.0. The van der Waals surface area contributed by atoms with E-state index >= 15 is 0 Å². The van der Waals surface area contributed by atoms with Crippen LogP contribution < -0.4 is 5.32 Å². The molecular weight excluding hydrogens is 222 g/mol. The minimum Gasteiger partial charge on any atom is -0.481 e. The van der Waals surface area contributed by atoms with Crippen molar-refractivity contribution in [3.63, 3.8) is 0 Å². The predicted molar refractivity (Wildman–Crippen MR) is 60.4 cm³/mol. The van der Waals surface area contributed by atoms with Crippen LogP contribution in [0.2, 0.25) is 0 Å². The third-order valence-corrected chi connectivity index (χ3v) is 3.81. The van der Waals surface area contributed by atoms with Gasteiger partial charge in [0.1, 0.15) is 6.61 Å². The van der Waals surface area contributed by atoms with Gasteiger partial charge in [0.15, 0.2) is 0 Å². The fourth-order valence-electron chi connectivity index (χ4n) is 2.92. The first-order valence-corrected chi connectivity index (χ1v) is 5.88. The molecule has 0 spiro atoms. The number of hydrogen-bond donors (Lipinski definition) is 2. The lowest BCUT2D eigenvalue weighted by molar-refractivity contribution is -0.141. The molecular formula is C12H17NO4. The molecule has 2 rings (SSSR count). The monoisotopic (exact) mass is 239 g/mol. The van der Waals surface area contributed by atoms with Gasteiger partial charge in [-0.05, 0) is 31.1 Å². The van der Waals surface area contributed by atoms with Crippen molar-refractivity contribution in [2.45, 2.75) is 25.3 Å². The Labute approximate surface area is 99.8 Å². The summed E-state index contributed by atoms with van der Waals surface area (Å²) in [6.07, 6.45) is 3.37. The Kier molecular flexibility index (Phi) is 3.36. The predicted octanol–water partition coefficient (Wildman–Crippen LogP) is 1.40. The Balaban J connectivity index is 1.77. The standard InChI is InChI=1S/C12H17NO4/c1-2-3-17-12(16)13-10-6-7-4-8(11(14)15)5-9(7)10/h2,7-10H,1,3-6H2,(H,13,16)(H,14,15)/t7-,8?,9-,10+/m1/s1. The normalized spacial score (nSPS) is 34.4. The van der Waals surface area contributed by atoms with Gasteiger partial charge in [0.05, 0.1) is 5.92 Å². The van der Waals surface area contributed by atoms with Crippen molar-refractivity contribution in [3.05, 3.63) is 12.7 Å². The average Bonchev–Trinajstić information content (AvgIpc) is 2.61. The highest BCUT2D eigenvalue weighted by molar-refractivity contribution is 5.71. The summed E-state index contributed by atoms with van der Waals surface area (Å²) >= 11 is 0. The van der Waals surface area contributed by atoms with Gasteiger partial charge in [-0.25, -0.2) is 4.79 Å². The second kappa shape index (κ2) is 4.77. The highest BCUT2D eigenvalue weighted by atomic mass is 16.5. The van der Waals surface area contributed by atoms with Gasteiger partial charge >= 0.3 is 12.1 Å². The highest BCUT2D eigenvalue weighted by Crippen LogP contribution is 2.49. The SMILES string of the molecule is C=CCOC(=O)N[C@H]1C[C@H]2CC(C(=O)O)C[C@H]21. The largest absolute Gasteiger partial charge is 0.481 e. The van der Waals surface area contributed by atoms with E-state index in [1.54, 1.807) is 0 Å². The molecule has 4 atom stereocenters. The van der Waals surface area contributed by atoms with Gasteiger partial charge in [0, 0.05) is 6.04 Å². The summed E-state index contributed by atoms with van der Waals surface area (Å²) in [6, 6.07) is 0.0849. The van der Waals surface area contributed by atoms with E-state index in [1.165, 1.54) is 6.08 Å². The third-order valence-electron chi connectivity index (χ3n) is 3.81. The Morgan fingerprint density at radius 3 is 2.82 bits per heavy atom. The number of amides is 1. The molecule has 2 aliphatic carbocycles. The molecule has 0 heterocycles. The van der Waals surface area contributed by atoms with Crippen molar-refractivity contribution in [3.8, 4) is 0 Å². The fraction of sp³-hybridized carbons (Fsp3) is 0.667. The molecule has 0 aromatic carbocycles. The lowest BCUT2D eigenvalue weighted by atomic mass is 9.71. The summed E-state index contributed by atoms with van der Waals surface area (Å²) in [4.78, 5) is 22.2. The summed E-state index contributed by atoms with van der Waals surface area (Å²) in [5.74, 6) is -0.179. The molecule has 5 heteroatoms. The zero-order valence-corrected chi connectivity index (χ0v) is 9.59. The van der Waals surface area contributed by atoms with Crippen molar-refractivity contribution >= 4 is 12.1 Å². The number of carboxylic acids is 1. The molecule has 2 aliphatic rings. The molecule has 0 saturated heterocycles. The number of fused-ring (bicyclic) bond motifs is 1. The van der Waals surface area contributed by atoms with Crippen LogP contribution >= 0.6 is 0 Å². The molecule has 0 aromatic heterocycles. The molecule has 94 valence electrons. The second-order valence-electron chi connectivity index (χ2n) is 4.80. The molecule has 17 heavy (non-hydrogen) atoms. The molecule has 1 amide bonds. The van der Waals surface area contributed by atoms with E-state index in [1.807, 2.05) is 0 Å². The summed E-state index contributed by atoms with van der Waals surface area (Å²) < 4.78 is 4.84. The number of carboxylic acid groups (broad SMARTS) is 1. The van der Waals surface area contributed by atoms with Gasteiger partial charge in [-0.1, -0.05) is 12.7 Å². The van der Waals surface area contributed by atoms with E-state index in [-0.39, 0.29) is 18.6 Å². The van der Waals surface area contributed by atoms with E-state index in [0.29, 0.717) is 18.3 Å². The van der Waals surface area contributed by atoms with Gasteiger partial charge in [-0.15, -0.1) is 0 Å². The van der Waals surface area contributed by atoms with E-state index in [0.717, 1.165) is 12.8 Å². The maximum absolute atomic E-state index is 11.3. The summed E-state index contributed by atoms with van der Waals surface area (Å²) in [6.45, 7) is 3.66. The summed E-state index contributed by atoms with van der Waals surface area (Å²) in [7, 11) is 0. The highest BCUT2D eigenvalue weighted by Gasteiger charge is 2.50. The average molecular weight is 239 g/mol. The molecule has 0 bridgehead atoms. The second-order valence-corrected chi connectivity index (χ2v) is 4.80. The van der Waals surface area contributed by atoms with E-state index in [9.17, 15) is 9.59 Å². The molecule has 0 radical (unpaired) electrons. The lowest BCUT2D eigenvalue weighted by Crippen LogP contribution is -2.50. The molecule has 0 aliphatic heterocycles. The molecule has 2 N–H and O–H groups in total. The van der Waals surface area contributed by atoms with Crippen molar-refractivity contribution < 1.29 is 19.4 Å². The van der Waals surface area contributed by atoms with Crippen LogP contribution in [0.1, 0.15) is 19.3 Å². The molecule has 0 aromatic rings. The molecule has 2 saturated carbocycles. The number of carbonyl (C=O) groups is 2. The van der Waals surface area contributed by atoms with Gasteiger partial charge in [0.2, 0.25) is 0 Å². The van der Waals surface area contributed by atoms with Crippen molar-refractivity contribution in [1.82, 2.24) is 5.32 Å². The first-order valence-electron chi connectivity index (χ1n) is 5.88. The Bertz CT molecular complexity index is 341. The van der Waals surface area contributed by atoms with Crippen LogP contribution in [0.3, 0.4) is 0 Å². The van der Waals surface area contributed by atoms with Crippen molar-refractivity contribution in [2.24, 2.45) is 17.8 Å². The lowest BCUT2D eigenvalue weighted by Gasteiger charge is -2.40. The molecule has 2 fully saturated rings. The summed E-state index contributed by atoms with van der Waals surface area (Å²) in [5, 5.41) is 11.7. The Morgan fingerprint density at radius 1 is 1.41 bits per heavy atom. The number of carbonyl (C=O) groups excluding carboxylic acids is 1. The number of alkyl carbamates (subject to hydrolysis) is 1. The van der Waals surface area contributed by atoms with Gasteiger partial charge in [-0.2, -0.15) is 0 Å². The van der Waals surface area contributed by atoms with Crippen molar-refractivity contribution in [1.29, 1.82) is 0 Å². The number of aliphatic carboxylic acids is 1. The minimum absolute atomic E-state index is 0.0849. The maximum Gasteiger partial charge on any atom is 0.407 e. The Hall–Kier alpha value is -1.52. The van der Waals surface area contributed by atoms with Crippen LogP contribution in [0.25, 0.3) is 0 Å². The van der Waals surface area contributed by atoms with Crippen LogP contribution in [0.5, 0.6) is 0 Å². The molecule has 5 nitrogen and oxygen atoms in total. The van der Waals surface area contributed by atoms with Crippen LogP contribution in [0, 0.1) is 17.8 Å². The number of nitrogens with one attached hydrogen (secondary N) is 1.